The highest BCUT2D eigenvalue weighted by atomic mass is 16.5. The van der Waals surface area contributed by atoms with Gasteiger partial charge in [0.25, 0.3) is 0 Å². The van der Waals surface area contributed by atoms with Crippen LogP contribution < -0.4 is 10.5 Å². The van der Waals surface area contributed by atoms with Crippen molar-refractivity contribution in [3.05, 3.63) is 28.8 Å². The van der Waals surface area contributed by atoms with E-state index in [4.69, 9.17) is 10.5 Å². The minimum absolute atomic E-state index is 0.585. The Bertz CT molecular complexity index is 373. The molecule has 0 fully saturated rings. The van der Waals surface area contributed by atoms with E-state index in [0.717, 1.165) is 25.3 Å². The van der Waals surface area contributed by atoms with Gasteiger partial charge in [-0.2, -0.15) is 0 Å². The fourth-order valence-corrected chi connectivity index (χ4v) is 2.79. The Kier molecular flexibility index (Phi) is 1.77. The van der Waals surface area contributed by atoms with E-state index in [1.54, 1.807) is 0 Å². The summed E-state index contributed by atoms with van der Waals surface area (Å²) in [4.78, 5) is 0. The first-order valence-electron chi connectivity index (χ1n) is 5.37. The van der Waals surface area contributed by atoms with Crippen molar-refractivity contribution in [2.75, 3.05) is 13.2 Å². The molecule has 2 nitrogen and oxygen atoms in total. The molecule has 14 heavy (non-hydrogen) atoms. The predicted molar refractivity (Wildman–Crippen MR) is 55.8 cm³/mol. The molecule has 1 aliphatic heterocycles. The average Bonchev–Trinajstić information content (AvgIpc) is 2.82. The summed E-state index contributed by atoms with van der Waals surface area (Å²) in [5, 5.41) is 0. The van der Waals surface area contributed by atoms with Gasteiger partial charge in [-0.05, 0) is 42.5 Å². The molecule has 2 N–H and O–H groups in total. The smallest absolute Gasteiger partial charge is 0.122 e. The molecule has 0 amide bonds. The molecule has 1 aliphatic carbocycles. The van der Waals surface area contributed by atoms with E-state index in [1.807, 2.05) is 0 Å². The zero-order chi connectivity index (χ0) is 9.54. The molecule has 0 aromatic heterocycles. The molecule has 2 aliphatic rings. The standard InChI is InChI=1S/C12H15NO/c13-7-9-2-1-8-3-4-11-10(12(8)9)5-6-14-11/h3-4,9H,1-2,5-7,13H2/t9-/m0/s1. The van der Waals surface area contributed by atoms with Crippen LogP contribution in [0, 0.1) is 0 Å². The minimum Gasteiger partial charge on any atom is -0.493 e. The van der Waals surface area contributed by atoms with Gasteiger partial charge in [-0.15, -0.1) is 0 Å². The SMILES string of the molecule is NC[C@@H]1CCc2ccc3c(c21)CCO3. The molecule has 0 saturated carbocycles. The highest BCUT2D eigenvalue weighted by Crippen LogP contribution is 2.41. The molecule has 0 unspecified atom stereocenters. The number of aryl methyl sites for hydroxylation is 1. The first-order chi connectivity index (χ1) is 6.90. The van der Waals surface area contributed by atoms with E-state index in [2.05, 4.69) is 12.1 Å². The van der Waals surface area contributed by atoms with E-state index in [1.165, 1.54) is 29.5 Å². The number of hydrogen-bond donors (Lipinski definition) is 1. The van der Waals surface area contributed by atoms with Crippen molar-refractivity contribution in [1.29, 1.82) is 0 Å². The van der Waals surface area contributed by atoms with Crippen LogP contribution in [-0.4, -0.2) is 13.2 Å². The number of rotatable bonds is 1. The lowest BCUT2D eigenvalue weighted by Crippen LogP contribution is -2.10. The summed E-state index contributed by atoms with van der Waals surface area (Å²) in [6.07, 6.45) is 3.50. The third kappa shape index (κ3) is 1.01. The molecule has 2 heteroatoms. The first kappa shape index (κ1) is 8.30. The molecule has 1 heterocycles. The number of hydrogen-bond acceptors (Lipinski definition) is 2. The number of benzene rings is 1. The van der Waals surface area contributed by atoms with Crippen LogP contribution in [0.25, 0.3) is 0 Å². The maximum absolute atomic E-state index is 5.80. The Balaban J connectivity index is 2.16. The third-order valence-electron chi connectivity index (χ3n) is 3.47. The van der Waals surface area contributed by atoms with Gasteiger partial charge in [-0.25, -0.2) is 0 Å². The second kappa shape index (κ2) is 2.99. The van der Waals surface area contributed by atoms with Gasteiger partial charge in [0.2, 0.25) is 0 Å². The molecule has 0 radical (unpaired) electrons. The van der Waals surface area contributed by atoms with Crippen LogP contribution in [0.3, 0.4) is 0 Å². The van der Waals surface area contributed by atoms with Gasteiger partial charge in [0.05, 0.1) is 6.61 Å². The van der Waals surface area contributed by atoms with Gasteiger partial charge in [-0.1, -0.05) is 6.07 Å². The van der Waals surface area contributed by atoms with Crippen molar-refractivity contribution < 1.29 is 4.74 Å². The van der Waals surface area contributed by atoms with Gasteiger partial charge in [0, 0.05) is 12.0 Å². The van der Waals surface area contributed by atoms with Gasteiger partial charge < -0.3 is 10.5 Å². The van der Waals surface area contributed by atoms with Crippen LogP contribution in [0.2, 0.25) is 0 Å². The molecule has 74 valence electrons. The fraction of sp³-hybridized carbons (Fsp3) is 0.500. The summed E-state index contributed by atoms with van der Waals surface area (Å²) < 4.78 is 5.58. The Morgan fingerprint density at radius 2 is 2.29 bits per heavy atom. The summed E-state index contributed by atoms with van der Waals surface area (Å²) in [6.45, 7) is 1.63. The largest absolute Gasteiger partial charge is 0.493 e. The Morgan fingerprint density at radius 1 is 1.36 bits per heavy atom. The topological polar surface area (TPSA) is 35.2 Å². The molecular weight excluding hydrogens is 174 g/mol. The maximum Gasteiger partial charge on any atom is 0.122 e. The molecule has 1 aromatic carbocycles. The average molecular weight is 189 g/mol. The van der Waals surface area contributed by atoms with Crippen molar-refractivity contribution >= 4 is 0 Å². The van der Waals surface area contributed by atoms with E-state index in [-0.39, 0.29) is 0 Å². The Labute approximate surface area is 84.1 Å². The third-order valence-corrected chi connectivity index (χ3v) is 3.47. The number of fused-ring (bicyclic) bond motifs is 3. The predicted octanol–water partition coefficient (Wildman–Crippen LogP) is 1.61. The van der Waals surface area contributed by atoms with Gasteiger partial charge >= 0.3 is 0 Å². The summed E-state index contributed by atoms with van der Waals surface area (Å²) >= 11 is 0. The minimum atomic E-state index is 0.585. The van der Waals surface area contributed by atoms with Crippen molar-refractivity contribution in [2.45, 2.75) is 25.2 Å². The number of ether oxygens (including phenoxy) is 1. The molecule has 1 atom stereocenters. The van der Waals surface area contributed by atoms with E-state index in [0.29, 0.717) is 5.92 Å². The molecule has 3 rings (SSSR count). The monoisotopic (exact) mass is 189 g/mol. The Hall–Kier alpha value is -1.02. The van der Waals surface area contributed by atoms with Crippen molar-refractivity contribution in [2.24, 2.45) is 5.73 Å². The fourth-order valence-electron chi connectivity index (χ4n) is 2.79. The van der Waals surface area contributed by atoms with Crippen molar-refractivity contribution in [3.63, 3.8) is 0 Å². The molecule has 0 spiro atoms. The lowest BCUT2D eigenvalue weighted by Gasteiger charge is -2.12. The molecular formula is C12H15NO. The van der Waals surface area contributed by atoms with Gasteiger partial charge in [0.15, 0.2) is 0 Å². The van der Waals surface area contributed by atoms with E-state index < -0.39 is 0 Å². The second-order valence-electron chi connectivity index (χ2n) is 4.18. The number of nitrogens with two attached hydrogens (primary N) is 1. The molecule has 0 saturated heterocycles. The van der Waals surface area contributed by atoms with Gasteiger partial charge in [0.1, 0.15) is 5.75 Å². The summed E-state index contributed by atoms with van der Waals surface area (Å²) in [5.41, 5.74) is 10.3. The van der Waals surface area contributed by atoms with Crippen LogP contribution in [0.4, 0.5) is 0 Å². The van der Waals surface area contributed by atoms with Crippen LogP contribution >= 0.6 is 0 Å². The highest BCUT2D eigenvalue weighted by Gasteiger charge is 2.28. The molecule has 1 aromatic rings. The van der Waals surface area contributed by atoms with Crippen LogP contribution in [0.1, 0.15) is 29.0 Å². The van der Waals surface area contributed by atoms with Crippen molar-refractivity contribution in [3.8, 4) is 5.75 Å². The molecule has 0 bridgehead atoms. The maximum atomic E-state index is 5.80. The van der Waals surface area contributed by atoms with Crippen LogP contribution in [-0.2, 0) is 12.8 Å². The van der Waals surface area contributed by atoms with E-state index in [9.17, 15) is 0 Å². The highest BCUT2D eigenvalue weighted by molar-refractivity contribution is 5.51. The van der Waals surface area contributed by atoms with Crippen LogP contribution in [0.15, 0.2) is 12.1 Å². The quantitative estimate of drug-likeness (QED) is 0.728. The second-order valence-corrected chi connectivity index (χ2v) is 4.18. The summed E-state index contributed by atoms with van der Waals surface area (Å²) in [5.74, 6) is 1.69. The normalized spacial score (nSPS) is 23.1. The van der Waals surface area contributed by atoms with Crippen molar-refractivity contribution in [1.82, 2.24) is 0 Å². The lowest BCUT2D eigenvalue weighted by molar-refractivity contribution is 0.357. The van der Waals surface area contributed by atoms with E-state index >= 15 is 0 Å². The zero-order valence-electron chi connectivity index (χ0n) is 8.25. The Morgan fingerprint density at radius 3 is 3.14 bits per heavy atom. The summed E-state index contributed by atoms with van der Waals surface area (Å²) in [7, 11) is 0. The lowest BCUT2D eigenvalue weighted by atomic mass is 9.94. The van der Waals surface area contributed by atoms with Gasteiger partial charge in [-0.3, -0.25) is 0 Å². The zero-order valence-corrected chi connectivity index (χ0v) is 8.25. The summed E-state index contributed by atoms with van der Waals surface area (Å²) in [6, 6.07) is 4.34. The first-order valence-corrected chi connectivity index (χ1v) is 5.37. The van der Waals surface area contributed by atoms with Crippen LogP contribution in [0.5, 0.6) is 5.75 Å².